The van der Waals surface area contributed by atoms with Crippen LogP contribution in [0.4, 0.5) is 5.69 Å². The largest absolute Gasteiger partial charge is 0.388 e. The van der Waals surface area contributed by atoms with E-state index >= 15 is 0 Å². The molecular formula is C25H38N4O. The summed E-state index contributed by atoms with van der Waals surface area (Å²) in [5.74, 6) is 0.606. The fourth-order valence-electron chi connectivity index (χ4n) is 5.72. The molecule has 0 amide bonds. The SMILES string of the molecule is CCN1CCC(c2cc(NC)c3c(C)c(C=O)n(C4CCN(CC)CC4)c3c2)CC1. The Morgan fingerprint density at radius 1 is 1.00 bits per heavy atom. The van der Waals surface area contributed by atoms with Gasteiger partial charge in [-0.05, 0) is 88.0 Å². The van der Waals surface area contributed by atoms with E-state index in [1.54, 1.807) is 0 Å². The number of fused-ring (bicyclic) bond motifs is 1. The molecule has 1 N–H and O–H groups in total. The van der Waals surface area contributed by atoms with Crippen LogP contribution in [0.15, 0.2) is 12.1 Å². The van der Waals surface area contributed by atoms with E-state index in [0.29, 0.717) is 12.0 Å². The third-order valence-corrected chi connectivity index (χ3v) is 7.67. The molecule has 2 aromatic rings. The molecular weight excluding hydrogens is 372 g/mol. The van der Waals surface area contributed by atoms with Crippen LogP contribution >= 0.6 is 0 Å². The van der Waals surface area contributed by atoms with Gasteiger partial charge >= 0.3 is 0 Å². The Balaban J connectivity index is 1.77. The van der Waals surface area contributed by atoms with Gasteiger partial charge in [0.25, 0.3) is 0 Å². The van der Waals surface area contributed by atoms with Crippen molar-refractivity contribution < 1.29 is 4.79 Å². The third kappa shape index (κ3) is 3.78. The molecule has 1 aromatic heterocycles. The second-order valence-electron chi connectivity index (χ2n) is 9.08. The minimum atomic E-state index is 0.408. The Kier molecular flexibility index (Phi) is 6.49. The molecule has 30 heavy (non-hydrogen) atoms. The van der Waals surface area contributed by atoms with E-state index in [0.717, 1.165) is 56.6 Å². The van der Waals surface area contributed by atoms with E-state index < -0.39 is 0 Å². The first-order valence-electron chi connectivity index (χ1n) is 11.9. The summed E-state index contributed by atoms with van der Waals surface area (Å²) < 4.78 is 2.39. The number of aromatic nitrogens is 1. The molecule has 4 rings (SSSR count). The molecule has 3 heterocycles. The zero-order valence-electron chi connectivity index (χ0n) is 19.2. The van der Waals surface area contributed by atoms with E-state index in [4.69, 9.17) is 0 Å². The second-order valence-corrected chi connectivity index (χ2v) is 9.08. The Morgan fingerprint density at radius 2 is 1.60 bits per heavy atom. The first kappa shape index (κ1) is 21.4. The van der Waals surface area contributed by atoms with Gasteiger partial charge in [-0.15, -0.1) is 0 Å². The summed E-state index contributed by atoms with van der Waals surface area (Å²) in [6.45, 7) is 13.5. The van der Waals surface area contributed by atoms with E-state index in [-0.39, 0.29) is 0 Å². The molecule has 164 valence electrons. The number of carbonyl (C=O) groups is 1. The molecule has 2 saturated heterocycles. The minimum absolute atomic E-state index is 0.408. The number of hydrogen-bond acceptors (Lipinski definition) is 4. The lowest BCUT2D eigenvalue weighted by Gasteiger charge is -2.33. The third-order valence-electron chi connectivity index (χ3n) is 7.67. The number of hydrogen-bond donors (Lipinski definition) is 1. The van der Waals surface area contributed by atoms with Gasteiger partial charge in [-0.2, -0.15) is 0 Å². The molecule has 1 aromatic carbocycles. The van der Waals surface area contributed by atoms with Gasteiger partial charge in [-0.3, -0.25) is 4.79 Å². The normalized spacial score (nSPS) is 20.1. The standard InChI is InChI=1S/C25H38N4O/c1-5-27-11-7-19(8-12-27)20-15-22(26-4)25-18(3)24(17-30)29(23(25)16-20)21-9-13-28(6-2)14-10-21/h15-17,19,21,26H,5-14H2,1-4H3. The number of piperidine rings is 2. The number of benzene rings is 1. The highest BCUT2D eigenvalue weighted by molar-refractivity contribution is 6.01. The average molecular weight is 411 g/mol. The predicted octanol–water partition coefficient (Wildman–Crippen LogP) is 4.66. The summed E-state index contributed by atoms with van der Waals surface area (Å²) in [5.41, 5.74) is 5.85. The van der Waals surface area contributed by atoms with Crippen molar-refractivity contribution in [3.05, 3.63) is 29.0 Å². The highest BCUT2D eigenvalue weighted by Crippen LogP contribution is 2.40. The summed E-state index contributed by atoms with van der Waals surface area (Å²) in [6.07, 6.45) is 5.76. The lowest BCUT2D eigenvalue weighted by atomic mass is 9.88. The molecule has 5 heteroatoms. The number of aryl methyl sites for hydroxylation is 1. The number of rotatable bonds is 6. The smallest absolute Gasteiger partial charge is 0.166 e. The van der Waals surface area contributed by atoms with Crippen LogP contribution in [0.25, 0.3) is 10.9 Å². The molecule has 5 nitrogen and oxygen atoms in total. The van der Waals surface area contributed by atoms with Gasteiger partial charge in [-0.25, -0.2) is 0 Å². The predicted molar refractivity (Wildman–Crippen MR) is 126 cm³/mol. The van der Waals surface area contributed by atoms with Crippen molar-refractivity contribution in [1.82, 2.24) is 14.4 Å². The van der Waals surface area contributed by atoms with Crippen LogP contribution in [0.1, 0.15) is 73.1 Å². The fourth-order valence-corrected chi connectivity index (χ4v) is 5.72. The van der Waals surface area contributed by atoms with Gasteiger partial charge in [0, 0.05) is 37.3 Å². The van der Waals surface area contributed by atoms with Gasteiger partial charge in [-0.1, -0.05) is 13.8 Å². The fraction of sp³-hybridized carbons (Fsp3) is 0.640. The summed E-state index contributed by atoms with van der Waals surface area (Å²) in [6, 6.07) is 5.17. The van der Waals surface area contributed by atoms with E-state index in [2.05, 4.69) is 52.6 Å². The Hall–Kier alpha value is -1.85. The van der Waals surface area contributed by atoms with Gasteiger partial charge < -0.3 is 19.7 Å². The van der Waals surface area contributed by atoms with Crippen LogP contribution in [0.2, 0.25) is 0 Å². The quantitative estimate of drug-likeness (QED) is 0.703. The van der Waals surface area contributed by atoms with Crippen LogP contribution in [0.3, 0.4) is 0 Å². The van der Waals surface area contributed by atoms with Gasteiger partial charge in [0.2, 0.25) is 0 Å². The van der Waals surface area contributed by atoms with Crippen molar-refractivity contribution in [2.75, 3.05) is 51.6 Å². The number of nitrogens with zero attached hydrogens (tertiary/aromatic N) is 3. The lowest BCUT2D eigenvalue weighted by molar-refractivity contribution is 0.110. The van der Waals surface area contributed by atoms with Crippen LogP contribution in [0, 0.1) is 6.92 Å². The maximum atomic E-state index is 12.2. The molecule has 0 bridgehead atoms. The number of likely N-dealkylation sites (tertiary alicyclic amines) is 2. The zero-order valence-corrected chi connectivity index (χ0v) is 19.2. The monoisotopic (exact) mass is 410 g/mol. The van der Waals surface area contributed by atoms with Crippen molar-refractivity contribution in [2.24, 2.45) is 0 Å². The highest BCUT2D eigenvalue weighted by Gasteiger charge is 2.27. The molecule has 0 aliphatic carbocycles. The second kappa shape index (κ2) is 9.11. The first-order chi connectivity index (χ1) is 14.6. The number of nitrogens with one attached hydrogen (secondary N) is 1. The first-order valence-corrected chi connectivity index (χ1v) is 11.9. The van der Waals surface area contributed by atoms with Crippen molar-refractivity contribution in [3.63, 3.8) is 0 Å². The maximum Gasteiger partial charge on any atom is 0.166 e. The van der Waals surface area contributed by atoms with Crippen molar-refractivity contribution in [2.45, 2.75) is 58.4 Å². The zero-order chi connectivity index (χ0) is 21.3. The van der Waals surface area contributed by atoms with Crippen LogP contribution in [0.5, 0.6) is 0 Å². The summed E-state index contributed by atoms with van der Waals surface area (Å²) in [4.78, 5) is 17.2. The molecule has 2 fully saturated rings. The van der Waals surface area contributed by atoms with Gasteiger partial charge in [0.1, 0.15) is 0 Å². The van der Waals surface area contributed by atoms with Crippen LogP contribution < -0.4 is 5.32 Å². The van der Waals surface area contributed by atoms with Crippen molar-refractivity contribution >= 4 is 22.9 Å². The van der Waals surface area contributed by atoms with Gasteiger partial charge in [0.05, 0.1) is 11.2 Å². The van der Waals surface area contributed by atoms with Crippen molar-refractivity contribution in [1.29, 1.82) is 0 Å². The van der Waals surface area contributed by atoms with E-state index in [1.807, 2.05) is 7.05 Å². The number of carbonyl (C=O) groups excluding carboxylic acids is 1. The number of anilines is 1. The Bertz CT molecular complexity index is 886. The highest BCUT2D eigenvalue weighted by atomic mass is 16.1. The van der Waals surface area contributed by atoms with E-state index in [9.17, 15) is 4.79 Å². The topological polar surface area (TPSA) is 40.5 Å². The molecule has 0 saturated carbocycles. The summed E-state index contributed by atoms with van der Waals surface area (Å²) in [5, 5.41) is 4.68. The molecule has 2 aliphatic heterocycles. The molecule has 0 spiro atoms. The van der Waals surface area contributed by atoms with Gasteiger partial charge in [0.15, 0.2) is 6.29 Å². The Labute approximate surface area is 181 Å². The van der Waals surface area contributed by atoms with Crippen LogP contribution in [-0.4, -0.2) is 67.0 Å². The van der Waals surface area contributed by atoms with E-state index in [1.165, 1.54) is 48.1 Å². The minimum Gasteiger partial charge on any atom is -0.388 e. The van der Waals surface area contributed by atoms with Crippen molar-refractivity contribution in [3.8, 4) is 0 Å². The Morgan fingerprint density at radius 3 is 2.13 bits per heavy atom. The maximum absolute atomic E-state index is 12.2. The molecule has 0 unspecified atom stereocenters. The van der Waals surface area contributed by atoms with Crippen LogP contribution in [-0.2, 0) is 0 Å². The average Bonchev–Trinajstić information content (AvgIpc) is 3.10. The molecule has 0 atom stereocenters. The number of aldehydes is 1. The lowest BCUT2D eigenvalue weighted by Crippen LogP contribution is -2.34. The molecule has 0 radical (unpaired) electrons. The summed E-state index contributed by atoms with van der Waals surface area (Å²) >= 11 is 0. The summed E-state index contributed by atoms with van der Waals surface area (Å²) in [7, 11) is 2.01. The molecule has 2 aliphatic rings.